The first-order valence-corrected chi connectivity index (χ1v) is 9.72. The van der Waals surface area contributed by atoms with Crippen LogP contribution >= 0.6 is 0 Å². The van der Waals surface area contributed by atoms with Gasteiger partial charge in [-0.2, -0.15) is 5.10 Å². The van der Waals surface area contributed by atoms with E-state index in [0.717, 1.165) is 29.8 Å². The molecule has 0 radical (unpaired) electrons. The Labute approximate surface area is 166 Å². The Morgan fingerprint density at radius 2 is 1.86 bits per heavy atom. The normalized spacial score (nSPS) is 10.8. The third-order valence-corrected chi connectivity index (χ3v) is 4.44. The molecule has 0 aliphatic rings. The Morgan fingerprint density at radius 1 is 1.11 bits per heavy atom. The number of benzene rings is 2. The van der Waals surface area contributed by atoms with Crippen molar-refractivity contribution >= 4 is 5.91 Å². The van der Waals surface area contributed by atoms with Crippen LogP contribution in [0.15, 0.2) is 67.0 Å². The Balaban J connectivity index is 1.45. The summed E-state index contributed by atoms with van der Waals surface area (Å²) in [5.41, 5.74) is 2.74. The van der Waals surface area contributed by atoms with Crippen molar-refractivity contribution in [1.29, 1.82) is 0 Å². The largest absolute Gasteiger partial charge is 0.494 e. The van der Waals surface area contributed by atoms with Crippen LogP contribution < -0.4 is 10.1 Å². The number of amides is 1. The van der Waals surface area contributed by atoms with E-state index in [1.54, 1.807) is 12.1 Å². The fourth-order valence-electron chi connectivity index (χ4n) is 2.75. The highest BCUT2D eigenvalue weighted by atomic mass is 16.5. The minimum atomic E-state index is -0.0795. The van der Waals surface area contributed by atoms with Crippen molar-refractivity contribution in [3.8, 4) is 11.4 Å². The van der Waals surface area contributed by atoms with E-state index in [1.807, 2.05) is 59.5 Å². The predicted molar refractivity (Wildman–Crippen MR) is 111 cm³/mol. The zero-order valence-corrected chi connectivity index (χ0v) is 16.5. The summed E-state index contributed by atoms with van der Waals surface area (Å²) in [5.74, 6) is 1.33. The molecule has 2 aromatic carbocycles. The van der Waals surface area contributed by atoms with Crippen molar-refractivity contribution in [2.45, 2.75) is 26.7 Å². The number of rotatable bonds is 9. The number of hydrogen-bond donors (Lipinski definition) is 1. The molecule has 0 saturated carbocycles. The van der Waals surface area contributed by atoms with Crippen molar-refractivity contribution < 1.29 is 9.53 Å². The molecule has 5 heteroatoms. The van der Waals surface area contributed by atoms with Crippen molar-refractivity contribution in [2.75, 3.05) is 13.2 Å². The first-order chi connectivity index (χ1) is 13.6. The lowest BCUT2D eigenvalue weighted by Crippen LogP contribution is -2.25. The molecule has 0 saturated heterocycles. The van der Waals surface area contributed by atoms with E-state index in [4.69, 9.17) is 4.74 Å². The lowest BCUT2D eigenvalue weighted by molar-refractivity contribution is 0.0954. The number of carbonyl (C=O) groups excluding carboxylic acids is 1. The maximum absolute atomic E-state index is 12.3. The molecule has 0 fully saturated rings. The lowest BCUT2D eigenvalue weighted by Gasteiger charge is -2.09. The fraction of sp³-hybridized carbons (Fsp3) is 0.304. The second-order valence-corrected chi connectivity index (χ2v) is 7.19. The Kier molecular flexibility index (Phi) is 6.84. The molecule has 28 heavy (non-hydrogen) atoms. The number of nitrogens with zero attached hydrogens (tertiary/aromatic N) is 2. The van der Waals surface area contributed by atoms with E-state index in [2.05, 4.69) is 24.3 Å². The number of aromatic nitrogens is 2. The maximum atomic E-state index is 12.3. The second-order valence-electron chi connectivity index (χ2n) is 7.19. The van der Waals surface area contributed by atoms with Crippen molar-refractivity contribution in [3.63, 3.8) is 0 Å². The van der Waals surface area contributed by atoms with Gasteiger partial charge in [0.15, 0.2) is 0 Å². The smallest absolute Gasteiger partial charge is 0.251 e. The molecule has 1 N–H and O–H groups in total. The quantitative estimate of drug-likeness (QED) is 0.606. The van der Waals surface area contributed by atoms with Gasteiger partial charge in [-0.25, -0.2) is 4.68 Å². The molecule has 146 valence electrons. The van der Waals surface area contributed by atoms with Gasteiger partial charge in [0.25, 0.3) is 5.91 Å². The third-order valence-electron chi connectivity index (χ3n) is 4.44. The summed E-state index contributed by atoms with van der Waals surface area (Å²) in [5, 5.41) is 7.33. The van der Waals surface area contributed by atoms with E-state index in [-0.39, 0.29) is 5.91 Å². The number of hydrogen-bond acceptors (Lipinski definition) is 3. The third kappa shape index (κ3) is 5.71. The molecular weight excluding hydrogens is 350 g/mol. The van der Waals surface area contributed by atoms with Crippen molar-refractivity contribution in [3.05, 3.63) is 78.1 Å². The molecule has 1 amide bonds. The molecule has 0 aliphatic carbocycles. The summed E-state index contributed by atoms with van der Waals surface area (Å²) in [6.45, 7) is 5.60. The highest BCUT2D eigenvalue weighted by Gasteiger charge is 2.06. The molecule has 0 aliphatic heterocycles. The van der Waals surface area contributed by atoms with E-state index >= 15 is 0 Å². The monoisotopic (exact) mass is 377 g/mol. The number of carbonyl (C=O) groups is 1. The minimum Gasteiger partial charge on any atom is -0.494 e. The van der Waals surface area contributed by atoms with Crippen LogP contribution in [0.4, 0.5) is 0 Å². The van der Waals surface area contributed by atoms with Gasteiger partial charge in [-0.3, -0.25) is 4.79 Å². The van der Waals surface area contributed by atoms with E-state index in [1.165, 1.54) is 0 Å². The number of para-hydroxylation sites is 1. The van der Waals surface area contributed by atoms with Gasteiger partial charge < -0.3 is 10.1 Å². The highest BCUT2D eigenvalue weighted by Crippen LogP contribution is 2.13. The van der Waals surface area contributed by atoms with Crippen molar-refractivity contribution in [1.82, 2.24) is 15.1 Å². The van der Waals surface area contributed by atoms with Crippen LogP contribution in [-0.4, -0.2) is 28.8 Å². The molecule has 3 aromatic rings. The molecule has 5 nitrogen and oxygen atoms in total. The molecule has 1 heterocycles. The van der Waals surface area contributed by atoms with Crippen LogP contribution in [0, 0.1) is 5.92 Å². The first-order valence-electron chi connectivity index (χ1n) is 9.72. The van der Waals surface area contributed by atoms with Crippen LogP contribution in [0.5, 0.6) is 5.75 Å². The lowest BCUT2D eigenvalue weighted by atomic mass is 10.1. The van der Waals surface area contributed by atoms with Gasteiger partial charge in [-0.15, -0.1) is 0 Å². The van der Waals surface area contributed by atoms with Crippen LogP contribution in [0.2, 0.25) is 0 Å². The minimum absolute atomic E-state index is 0.0795. The van der Waals surface area contributed by atoms with E-state index in [0.29, 0.717) is 24.6 Å². The summed E-state index contributed by atoms with van der Waals surface area (Å²) in [4.78, 5) is 12.3. The number of ether oxygens (including phenoxy) is 1. The average Bonchev–Trinajstić information content (AvgIpc) is 3.18. The molecule has 0 spiro atoms. The summed E-state index contributed by atoms with van der Waals surface area (Å²) in [6, 6.07) is 17.3. The maximum Gasteiger partial charge on any atom is 0.251 e. The second kappa shape index (κ2) is 9.74. The van der Waals surface area contributed by atoms with Gasteiger partial charge in [0.2, 0.25) is 0 Å². The fourth-order valence-corrected chi connectivity index (χ4v) is 2.75. The van der Waals surface area contributed by atoms with Gasteiger partial charge >= 0.3 is 0 Å². The van der Waals surface area contributed by atoms with Crippen molar-refractivity contribution in [2.24, 2.45) is 5.92 Å². The first kappa shape index (κ1) is 19.7. The zero-order chi connectivity index (χ0) is 19.8. The average molecular weight is 377 g/mol. The van der Waals surface area contributed by atoms with Gasteiger partial charge in [0.05, 0.1) is 18.5 Å². The SMILES string of the molecule is CC(C)CCOc1ccc(C(=O)NCCc2cnn(-c3ccccc3)c2)cc1. The Hall–Kier alpha value is -3.08. The van der Waals surface area contributed by atoms with Gasteiger partial charge in [0, 0.05) is 18.3 Å². The van der Waals surface area contributed by atoms with Gasteiger partial charge in [0.1, 0.15) is 5.75 Å². The molecule has 0 bridgehead atoms. The Morgan fingerprint density at radius 3 is 2.57 bits per heavy atom. The predicted octanol–water partition coefficient (Wildman–Crippen LogP) is 4.27. The number of nitrogens with one attached hydrogen (secondary N) is 1. The van der Waals surface area contributed by atoms with Crippen LogP contribution in [-0.2, 0) is 6.42 Å². The van der Waals surface area contributed by atoms with Gasteiger partial charge in [-0.1, -0.05) is 32.0 Å². The highest BCUT2D eigenvalue weighted by molar-refractivity contribution is 5.94. The summed E-state index contributed by atoms with van der Waals surface area (Å²) in [7, 11) is 0. The van der Waals surface area contributed by atoms with Crippen LogP contribution in [0.25, 0.3) is 5.69 Å². The summed E-state index contributed by atoms with van der Waals surface area (Å²) >= 11 is 0. The van der Waals surface area contributed by atoms with Crippen LogP contribution in [0.1, 0.15) is 36.2 Å². The molecule has 0 unspecified atom stereocenters. The van der Waals surface area contributed by atoms with Crippen LogP contribution in [0.3, 0.4) is 0 Å². The molecular formula is C23H27N3O2. The molecule has 3 rings (SSSR count). The summed E-state index contributed by atoms with van der Waals surface area (Å²) < 4.78 is 7.53. The topological polar surface area (TPSA) is 56.1 Å². The summed E-state index contributed by atoms with van der Waals surface area (Å²) in [6.07, 6.45) is 5.57. The zero-order valence-electron chi connectivity index (χ0n) is 16.5. The molecule has 0 atom stereocenters. The standard InChI is InChI=1S/C23H27N3O2/c1-18(2)13-15-28-22-10-8-20(9-11-22)23(27)24-14-12-19-16-25-26(17-19)21-6-4-3-5-7-21/h3-11,16-18H,12-15H2,1-2H3,(H,24,27). The molecule has 1 aromatic heterocycles. The van der Waals surface area contributed by atoms with Gasteiger partial charge in [-0.05, 0) is 60.7 Å². The van der Waals surface area contributed by atoms with E-state index < -0.39 is 0 Å². The van der Waals surface area contributed by atoms with E-state index in [9.17, 15) is 4.79 Å². The Bertz CT molecular complexity index is 870.